The van der Waals surface area contributed by atoms with Crippen molar-refractivity contribution in [2.24, 2.45) is 17.8 Å². The molecular formula is C13H28O3. The largest absolute Gasteiger partial charge is 0.330 e. The molecule has 0 aliphatic heterocycles. The lowest BCUT2D eigenvalue weighted by Crippen LogP contribution is -2.26. The van der Waals surface area contributed by atoms with Gasteiger partial charge < -0.3 is 14.2 Å². The average Bonchev–Trinajstić information content (AvgIpc) is 2.15. The van der Waals surface area contributed by atoms with Crippen molar-refractivity contribution in [3.05, 3.63) is 0 Å². The Morgan fingerprint density at radius 1 is 0.562 bits per heavy atom. The molecule has 0 unspecified atom stereocenters. The molecule has 0 atom stereocenters. The fourth-order valence-corrected chi connectivity index (χ4v) is 0.957. The third kappa shape index (κ3) is 10.4. The second-order valence-electron chi connectivity index (χ2n) is 5.47. The highest BCUT2D eigenvalue weighted by molar-refractivity contribution is 4.44. The first kappa shape index (κ1) is 15.9. The molecule has 0 aromatic carbocycles. The van der Waals surface area contributed by atoms with Gasteiger partial charge in [-0.15, -0.1) is 0 Å². The maximum atomic E-state index is 5.56. The third-order valence-corrected chi connectivity index (χ3v) is 1.70. The third-order valence-electron chi connectivity index (χ3n) is 1.70. The van der Waals surface area contributed by atoms with Gasteiger partial charge in [-0.2, -0.15) is 0 Å². The minimum atomic E-state index is -0.507. The first-order valence-electron chi connectivity index (χ1n) is 6.26. The van der Waals surface area contributed by atoms with Gasteiger partial charge in [0.1, 0.15) is 0 Å². The van der Waals surface area contributed by atoms with Crippen LogP contribution in [0.5, 0.6) is 0 Å². The molecule has 0 saturated carbocycles. The van der Waals surface area contributed by atoms with E-state index in [-0.39, 0.29) is 0 Å². The molecule has 0 radical (unpaired) electrons. The van der Waals surface area contributed by atoms with Crippen LogP contribution >= 0.6 is 0 Å². The Morgan fingerprint density at radius 2 is 0.812 bits per heavy atom. The van der Waals surface area contributed by atoms with Gasteiger partial charge in [-0.3, -0.25) is 0 Å². The number of rotatable bonds is 9. The predicted molar refractivity (Wildman–Crippen MR) is 66.2 cm³/mol. The highest BCUT2D eigenvalue weighted by Gasteiger charge is 2.12. The molecule has 98 valence electrons. The summed E-state index contributed by atoms with van der Waals surface area (Å²) in [5, 5.41) is 0. The average molecular weight is 232 g/mol. The van der Waals surface area contributed by atoms with Gasteiger partial charge in [0.15, 0.2) is 0 Å². The van der Waals surface area contributed by atoms with Gasteiger partial charge >= 0.3 is 0 Å². The van der Waals surface area contributed by atoms with Gasteiger partial charge in [-0.1, -0.05) is 41.5 Å². The van der Waals surface area contributed by atoms with E-state index in [9.17, 15) is 0 Å². The van der Waals surface area contributed by atoms with Gasteiger partial charge in [0.25, 0.3) is 6.48 Å². The molecule has 0 heterocycles. The second-order valence-corrected chi connectivity index (χ2v) is 5.47. The maximum absolute atomic E-state index is 5.56. The first-order valence-corrected chi connectivity index (χ1v) is 6.26. The minimum Gasteiger partial charge on any atom is -0.330 e. The zero-order valence-corrected chi connectivity index (χ0v) is 11.7. The SMILES string of the molecule is CC(C)COC(OCC(C)C)OCC(C)C. The highest BCUT2D eigenvalue weighted by Crippen LogP contribution is 2.06. The topological polar surface area (TPSA) is 27.7 Å². The van der Waals surface area contributed by atoms with E-state index in [2.05, 4.69) is 41.5 Å². The summed E-state index contributed by atoms with van der Waals surface area (Å²) in [5.74, 6) is 1.48. The molecule has 0 aliphatic rings. The van der Waals surface area contributed by atoms with Gasteiger partial charge in [0.05, 0.1) is 19.8 Å². The Kier molecular flexibility index (Phi) is 8.90. The molecule has 3 nitrogen and oxygen atoms in total. The smallest absolute Gasteiger partial charge is 0.271 e. The van der Waals surface area contributed by atoms with E-state index in [0.29, 0.717) is 37.6 Å². The summed E-state index contributed by atoms with van der Waals surface area (Å²) in [5.41, 5.74) is 0. The van der Waals surface area contributed by atoms with E-state index < -0.39 is 6.48 Å². The van der Waals surface area contributed by atoms with E-state index in [4.69, 9.17) is 14.2 Å². The standard InChI is InChI=1S/C13H28O3/c1-10(2)7-14-13(15-8-11(3)4)16-9-12(5)6/h10-13H,7-9H2,1-6H3. The fraction of sp³-hybridized carbons (Fsp3) is 1.00. The van der Waals surface area contributed by atoms with E-state index in [1.807, 2.05) is 0 Å². The summed E-state index contributed by atoms with van der Waals surface area (Å²) in [6.45, 7) is 14.2. The minimum absolute atomic E-state index is 0.493. The number of hydrogen-bond acceptors (Lipinski definition) is 3. The second kappa shape index (κ2) is 8.97. The highest BCUT2D eigenvalue weighted by atomic mass is 16.8. The van der Waals surface area contributed by atoms with E-state index in [1.54, 1.807) is 0 Å². The zero-order valence-electron chi connectivity index (χ0n) is 11.7. The van der Waals surface area contributed by atoms with Gasteiger partial charge in [0.2, 0.25) is 0 Å². The van der Waals surface area contributed by atoms with Crippen LogP contribution < -0.4 is 0 Å². The monoisotopic (exact) mass is 232 g/mol. The Morgan fingerprint density at radius 3 is 1.00 bits per heavy atom. The summed E-state index contributed by atoms with van der Waals surface area (Å²) in [6, 6.07) is 0. The van der Waals surface area contributed by atoms with Crippen molar-refractivity contribution >= 4 is 0 Å². The molecule has 0 amide bonds. The van der Waals surface area contributed by atoms with Crippen molar-refractivity contribution in [1.82, 2.24) is 0 Å². The van der Waals surface area contributed by atoms with Crippen molar-refractivity contribution < 1.29 is 14.2 Å². The molecule has 16 heavy (non-hydrogen) atoms. The summed E-state index contributed by atoms with van der Waals surface area (Å²) in [7, 11) is 0. The lowest BCUT2D eigenvalue weighted by Gasteiger charge is -2.21. The van der Waals surface area contributed by atoms with Crippen LogP contribution in [0.25, 0.3) is 0 Å². The molecule has 0 aliphatic carbocycles. The summed E-state index contributed by atoms with van der Waals surface area (Å²) in [4.78, 5) is 0. The lowest BCUT2D eigenvalue weighted by molar-refractivity contribution is -0.296. The summed E-state index contributed by atoms with van der Waals surface area (Å²) < 4.78 is 16.7. The van der Waals surface area contributed by atoms with Crippen molar-refractivity contribution in [2.75, 3.05) is 19.8 Å². The normalized spacial score (nSPS) is 12.4. The van der Waals surface area contributed by atoms with Crippen LogP contribution in [0.2, 0.25) is 0 Å². The van der Waals surface area contributed by atoms with E-state index in [0.717, 1.165) is 0 Å². The molecule has 0 bridgehead atoms. The Balaban J connectivity index is 3.85. The lowest BCUT2D eigenvalue weighted by atomic mass is 10.2. The van der Waals surface area contributed by atoms with Crippen molar-refractivity contribution in [2.45, 2.75) is 48.0 Å². The van der Waals surface area contributed by atoms with Gasteiger partial charge in [-0.25, -0.2) is 0 Å². The van der Waals surface area contributed by atoms with Crippen molar-refractivity contribution in [3.8, 4) is 0 Å². The van der Waals surface area contributed by atoms with Crippen LogP contribution in [0.4, 0.5) is 0 Å². The number of hydrogen-bond donors (Lipinski definition) is 0. The van der Waals surface area contributed by atoms with Crippen molar-refractivity contribution in [1.29, 1.82) is 0 Å². The molecule has 0 fully saturated rings. The van der Waals surface area contributed by atoms with Crippen LogP contribution in [0.1, 0.15) is 41.5 Å². The molecule has 0 rings (SSSR count). The fourth-order valence-electron chi connectivity index (χ4n) is 0.957. The van der Waals surface area contributed by atoms with Crippen LogP contribution in [-0.4, -0.2) is 26.3 Å². The Bertz CT molecular complexity index is 127. The van der Waals surface area contributed by atoms with Gasteiger partial charge in [0, 0.05) is 0 Å². The molecule has 3 heteroatoms. The van der Waals surface area contributed by atoms with Gasteiger partial charge in [-0.05, 0) is 17.8 Å². The van der Waals surface area contributed by atoms with Crippen LogP contribution in [0.3, 0.4) is 0 Å². The molecule has 0 saturated heterocycles. The Hall–Kier alpha value is -0.120. The summed E-state index contributed by atoms with van der Waals surface area (Å²) in [6.07, 6.45) is 0. The van der Waals surface area contributed by atoms with E-state index in [1.165, 1.54) is 0 Å². The Labute approximate surface area is 100 Å². The van der Waals surface area contributed by atoms with Crippen LogP contribution in [-0.2, 0) is 14.2 Å². The molecule has 0 N–H and O–H groups in total. The predicted octanol–water partition coefficient (Wildman–Crippen LogP) is 3.29. The summed E-state index contributed by atoms with van der Waals surface area (Å²) >= 11 is 0. The quantitative estimate of drug-likeness (QED) is 0.571. The zero-order chi connectivity index (χ0) is 12.6. The van der Waals surface area contributed by atoms with Crippen LogP contribution in [0, 0.1) is 17.8 Å². The number of ether oxygens (including phenoxy) is 3. The van der Waals surface area contributed by atoms with E-state index >= 15 is 0 Å². The maximum Gasteiger partial charge on any atom is 0.271 e. The molecule has 0 aromatic rings. The first-order chi connectivity index (χ1) is 7.41. The molecule has 0 aromatic heterocycles. The molecule has 0 spiro atoms. The van der Waals surface area contributed by atoms with Crippen molar-refractivity contribution in [3.63, 3.8) is 0 Å². The molecular weight excluding hydrogens is 204 g/mol. The van der Waals surface area contributed by atoms with Crippen LogP contribution in [0.15, 0.2) is 0 Å².